The first kappa shape index (κ1) is 17.6. The van der Waals surface area contributed by atoms with Crippen molar-refractivity contribution in [1.82, 2.24) is 20.2 Å². The summed E-state index contributed by atoms with van der Waals surface area (Å²) in [7, 11) is 0. The van der Waals surface area contributed by atoms with Gasteiger partial charge in [0.2, 0.25) is 5.91 Å². The Morgan fingerprint density at radius 1 is 1.28 bits per heavy atom. The maximum Gasteiger partial charge on any atom is 0.321 e. The molecule has 0 spiro atoms. The molecule has 1 aliphatic rings. The fourth-order valence-corrected chi connectivity index (χ4v) is 4.21. The number of nitrogens with one attached hydrogen (secondary N) is 2. The van der Waals surface area contributed by atoms with Crippen LogP contribution in [0, 0.1) is 0 Å². The van der Waals surface area contributed by atoms with E-state index in [1.807, 2.05) is 20.8 Å². The Morgan fingerprint density at radius 3 is 2.72 bits per heavy atom. The minimum atomic E-state index is -0.576. The minimum Gasteiger partial charge on any atom is -0.333 e. The van der Waals surface area contributed by atoms with Crippen molar-refractivity contribution in [2.75, 3.05) is 0 Å². The van der Waals surface area contributed by atoms with Crippen LogP contribution in [0.25, 0.3) is 10.2 Å². The molecule has 0 unspecified atom stereocenters. The second-order valence-electron chi connectivity index (χ2n) is 7.32. The molecular formula is C17H22N4O3S. The lowest BCUT2D eigenvalue weighted by Gasteiger charge is -2.20. The van der Waals surface area contributed by atoms with Crippen molar-refractivity contribution in [3.8, 4) is 0 Å². The van der Waals surface area contributed by atoms with Crippen molar-refractivity contribution in [3.63, 3.8) is 0 Å². The van der Waals surface area contributed by atoms with Crippen molar-refractivity contribution < 1.29 is 9.59 Å². The summed E-state index contributed by atoms with van der Waals surface area (Å²) in [5.74, 6) is -0.547. The van der Waals surface area contributed by atoms with Gasteiger partial charge >= 0.3 is 6.03 Å². The lowest BCUT2D eigenvalue weighted by molar-refractivity contribution is -0.120. The van der Waals surface area contributed by atoms with Crippen LogP contribution >= 0.6 is 11.3 Å². The summed E-state index contributed by atoms with van der Waals surface area (Å²) >= 11 is 1.57. The summed E-state index contributed by atoms with van der Waals surface area (Å²) in [5.41, 5.74) is 0.428. The SMILES string of the molecule is CC(C)(C)NC(=O)NC(=O)Cn1cnc2sc3c(c2c1=O)CCCC3. The number of hydrogen-bond donors (Lipinski definition) is 2. The van der Waals surface area contributed by atoms with E-state index in [2.05, 4.69) is 15.6 Å². The average Bonchev–Trinajstić information content (AvgIpc) is 2.87. The molecule has 134 valence electrons. The lowest BCUT2D eigenvalue weighted by atomic mass is 9.97. The third-order valence-electron chi connectivity index (χ3n) is 4.00. The first-order valence-corrected chi connectivity index (χ1v) is 9.18. The number of carbonyl (C=O) groups excluding carboxylic acids is 2. The van der Waals surface area contributed by atoms with Crippen LogP contribution in [-0.4, -0.2) is 27.0 Å². The topological polar surface area (TPSA) is 93.1 Å². The summed E-state index contributed by atoms with van der Waals surface area (Å²) in [6, 6.07) is -0.576. The number of aryl methyl sites for hydroxylation is 2. The third-order valence-corrected chi connectivity index (χ3v) is 5.20. The third kappa shape index (κ3) is 3.89. The summed E-state index contributed by atoms with van der Waals surface area (Å²) in [6.07, 6.45) is 5.47. The van der Waals surface area contributed by atoms with Gasteiger partial charge in [-0.25, -0.2) is 9.78 Å². The molecule has 1 aliphatic carbocycles. The zero-order valence-electron chi connectivity index (χ0n) is 14.6. The summed E-state index contributed by atoms with van der Waals surface area (Å²) in [4.78, 5) is 42.9. The smallest absolute Gasteiger partial charge is 0.321 e. The molecule has 0 radical (unpaired) electrons. The maximum atomic E-state index is 12.8. The van der Waals surface area contributed by atoms with Gasteiger partial charge in [-0.05, 0) is 52.0 Å². The Hall–Kier alpha value is -2.22. The molecule has 0 saturated carbocycles. The Bertz CT molecular complexity index is 892. The number of fused-ring (bicyclic) bond motifs is 3. The van der Waals surface area contributed by atoms with E-state index in [1.54, 1.807) is 11.3 Å². The van der Waals surface area contributed by atoms with Gasteiger partial charge in [-0.2, -0.15) is 0 Å². The molecule has 3 amide bonds. The van der Waals surface area contributed by atoms with Gasteiger partial charge in [-0.3, -0.25) is 19.5 Å². The van der Waals surface area contributed by atoms with Crippen LogP contribution < -0.4 is 16.2 Å². The molecule has 3 rings (SSSR count). The number of aromatic nitrogens is 2. The molecule has 2 aromatic heterocycles. The van der Waals surface area contributed by atoms with E-state index in [-0.39, 0.29) is 12.1 Å². The maximum absolute atomic E-state index is 12.8. The zero-order chi connectivity index (χ0) is 18.2. The van der Waals surface area contributed by atoms with Gasteiger partial charge in [-0.15, -0.1) is 11.3 Å². The summed E-state index contributed by atoms with van der Waals surface area (Å²) in [6.45, 7) is 5.22. The van der Waals surface area contributed by atoms with E-state index in [1.165, 1.54) is 15.8 Å². The molecule has 2 heterocycles. The summed E-state index contributed by atoms with van der Waals surface area (Å²) in [5, 5.41) is 5.52. The van der Waals surface area contributed by atoms with Gasteiger partial charge < -0.3 is 5.32 Å². The molecule has 0 bridgehead atoms. The van der Waals surface area contributed by atoms with Crippen LogP contribution in [0.5, 0.6) is 0 Å². The fraction of sp³-hybridized carbons (Fsp3) is 0.529. The van der Waals surface area contributed by atoms with Crippen LogP contribution in [0.4, 0.5) is 4.79 Å². The molecule has 25 heavy (non-hydrogen) atoms. The van der Waals surface area contributed by atoms with Crippen LogP contribution in [0.1, 0.15) is 44.1 Å². The predicted molar refractivity (Wildman–Crippen MR) is 96.9 cm³/mol. The Morgan fingerprint density at radius 2 is 2.00 bits per heavy atom. The molecule has 2 aromatic rings. The Kier molecular flexibility index (Phi) is 4.64. The van der Waals surface area contributed by atoms with Crippen molar-refractivity contribution in [3.05, 3.63) is 27.1 Å². The molecule has 0 atom stereocenters. The van der Waals surface area contributed by atoms with E-state index in [0.29, 0.717) is 5.39 Å². The summed E-state index contributed by atoms with van der Waals surface area (Å²) < 4.78 is 1.27. The largest absolute Gasteiger partial charge is 0.333 e. The number of nitrogens with zero attached hydrogens (tertiary/aromatic N) is 2. The van der Waals surface area contributed by atoms with E-state index in [4.69, 9.17) is 0 Å². The number of urea groups is 1. The molecule has 0 saturated heterocycles. The van der Waals surface area contributed by atoms with Crippen molar-refractivity contribution in [2.24, 2.45) is 0 Å². The highest BCUT2D eigenvalue weighted by Crippen LogP contribution is 2.33. The number of carbonyl (C=O) groups is 2. The van der Waals surface area contributed by atoms with Crippen LogP contribution in [-0.2, 0) is 24.2 Å². The second kappa shape index (κ2) is 6.59. The highest BCUT2D eigenvalue weighted by atomic mass is 32.1. The van der Waals surface area contributed by atoms with E-state index >= 15 is 0 Å². The number of thiophene rings is 1. The highest BCUT2D eigenvalue weighted by molar-refractivity contribution is 7.18. The van der Waals surface area contributed by atoms with Gasteiger partial charge in [0.05, 0.1) is 11.7 Å². The van der Waals surface area contributed by atoms with E-state index in [0.717, 1.165) is 36.1 Å². The lowest BCUT2D eigenvalue weighted by Crippen LogP contribution is -2.49. The normalized spacial score (nSPS) is 14.2. The number of rotatable bonds is 2. The molecule has 2 N–H and O–H groups in total. The van der Waals surface area contributed by atoms with Crippen LogP contribution in [0.15, 0.2) is 11.1 Å². The fourth-order valence-electron chi connectivity index (χ4n) is 2.99. The number of amides is 3. The number of imide groups is 1. The van der Waals surface area contributed by atoms with Crippen molar-refractivity contribution >= 4 is 33.5 Å². The van der Waals surface area contributed by atoms with Crippen LogP contribution in [0.2, 0.25) is 0 Å². The Balaban J connectivity index is 1.80. The van der Waals surface area contributed by atoms with Crippen molar-refractivity contribution in [2.45, 2.75) is 58.5 Å². The first-order chi connectivity index (χ1) is 11.7. The van der Waals surface area contributed by atoms with Crippen LogP contribution in [0.3, 0.4) is 0 Å². The molecule has 0 aliphatic heterocycles. The van der Waals surface area contributed by atoms with Gasteiger partial charge in [0.25, 0.3) is 5.56 Å². The Labute approximate surface area is 149 Å². The average molecular weight is 362 g/mol. The molecule has 8 heteroatoms. The predicted octanol–water partition coefficient (Wildman–Crippen LogP) is 1.96. The van der Waals surface area contributed by atoms with Gasteiger partial charge in [0.1, 0.15) is 11.4 Å². The molecule has 0 fully saturated rings. The van der Waals surface area contributed by atoms with E-state index < -0.39 is 17.5 Å². The quantitative estimate of drug-likeness (QED) is 0.854. The first-order valence-electron chi connectivity index (χ1n) is 8.36. The van der Waals surface area contributed by atoms with Crippen molar-refractivity contribution in [1.29, 1.82) is 0 Å². The van der Waals surface area contributed by atoms with Gasteiger partial charge in [0.15, 0.2) is 0 Å². The highest BCUT2D eigenvalue weighted by Gasteiger charge is 2.21. The second-order valence-corrected chi connectivity index (χ2v) is 8.40. The minimum absolute atomic E-state index is 0.212. The molecule has 0 aromatic carbocycles. The number of hydrogen-bond acceptors (Lipinski definition) is 5. The van der Waals surface area contributed by atoms with Gasteiger partial charge in [-0.1, -0.05) is 0 Å². The monoisotopic (exact) mass is 362 g/mol. The molecular weight excluding hydrogens is 340 g/mol. The van der Waals surface area contributed by atoms with E-state index in [9.17, 15) is 14.4 Å². The molecule has 7 nitrogen and oxygen atoms in total. The zero-order valence-corrected chi connectivity index (χ0v) is 15.5. The standard InChI is InChI=1S/C17H22N4O3S/c1-17(2,3)20-16(24)19-12(22)8-21-9-18-14-13(15(21)23)10-6-4-5-7-11(10)25-14/h9H,4-8H2,1-3H3,(H2,19,20,22,24). The van der Waals surface area contributed by atoms with Gasteiger partial charge in [0, 0.05) is 10.4 Å².